The number of carbonyl (C=O) groups excluding carboxylic acids is 6. The predicted octanol–water partition coefficient (Wildman–Crippen LogP) is 5.87. The molecule has 0 fully saturated rings. The molecule has 0 aromatic heterocycles. The maximum absolute atomic E-state index is 13.3. The van der Waals surface area contributed by atoms with E-state index in [0.717, 1.165) is 69.8 Å². The Morgan fingerprint density at radius 1 is 0.571 bits per heavy atom. The number of hydrogen-bond donors (Lipinski definition) is 9. The molecule has 0 aliphatic rings. The van der Waals surface area contributed by atoms with Gasteiger partial charge in [-0.3, -0.25) is 28.8 Å². The number of rotatable bonds is 35. The van der Waals surface area contributed by atoms with Crippen LogP contribution in [-0.2, 0) is 46.4 Å². The van der Waals surface area contributed by atoms with Crippen LogP contribution in [0.1, 0.15) is 135 Å². The number of amides is 6. The first kappa shape index (κ1) is 57.8. The summed E-state index contributed by atoms with van der Waals surface area (Å²) in [4.78, 5) is 88.4. The van der Waals surface area contributed by atoms with Gasteiger partial charge >= 0.3 is 5.97 Å². The molecule has 3 aromatic rings. The number of aliphatic hydroxyl groups excluding tert-OH is 1. The van der Waals surface area contributed by atoms with Crippen molar-refractivity contribution in [3.8, 4) is 17.2 Å². The summed E-state index contributed by atoms with van der Waals surface area (Å²) in [6.07, 6.45) is 10.9. The molecule has 5 atom stereocenters. The molecule has 17 nitrogen and oxygen atoms in total. The average molecular weight is 973 g/mol. The van der Waals surface area contributed by atoms with E-state index >= 15 is 0 Å². The van der Waals surface area contributed by atoms with E-state index in [2.05, 4.69) is 26.6 Å². The monoisotopic (exact) mass is 973 g/mol. The summed E-state index contributed by atoms with van der Waals surface area (Å²) in [7, 11) is 0. The molecule has 70 heavy (non-hydrogen) atoms. The van der Waals surface area contributed by atoms with Crippen LogP contribution in [0.3, 0.4) is 0 Å². The highest BCUT2D eigenvalue weighted by molar-refractivity contribution is 5.94. The third-order valence-corrected chi connectivity index (χ3v) is 11.6. The molecule has 0 unspecified atom stereocenters. The number of phenols is 1. The Bertz CT molecular complexity index is 2070. The highest BCUT2D eigenvalue weighted by atomic mass is 16.5. The van der Waals surface area contributed by atoms with E-state index in [1.807, 2.05) is 38.1 Å². The molecule has 0 saturated carbocycles. The van der Waals surface area contributed by atoms with Crippen LogP contribution in [0, 0.1) is 5.92 Å². The molecule has 0 radical (unpaired) electrons. The number of aliphatic hydroxyl groups is 1. The van der Waals surface area contributed by atoms with Crippen molar-refractivity contribution in [2.45, 2.75) is 167 Å². The molecular formula is C53H76N6O11. The van der Waals surface area contributed by atoms with Gasteiger partial charge in [-0.1, -0.05) is 121 Å². The number of aliphatic carboxylic acids is 1. The molecular weight excluding hydrogens is 897 g/mol. The molecule has 6 amide bonds. The number of unbranched alkanes of at least 4 members (excludes halogenated alkanes) is 11. The molecule has 17 heteroatoms. The number of primary amides is 1. The van der Waals surface area contributed by atoms with Gasteiger partial charge < -0.3 is 52.4 Å². The Labute approximate surface area is 412 Å². The Balaban J connectivity index is 1.24. The largest absolute Gasteiger partial charge is 0.508 e. The molecule has 3 rings (SSSR count). The van der Waals surface area contributed by atoms with Gasteiger partial charge in [-0.05, 0) is 86.1 Å². The molecule has 0 saturated heterocycles. The lowest BCUT2D eigenvalue weighted by atomic mass is 10.0. The van der Waals surface area contributed by atoms with Crippen molar-refractivity contribution < 1.29 is 53.6 Å². The van der Waals surface area contributed by atoms with E-state index in [1.54, 1.807) is 54.6 Å². The molecule has 0 aliphatic carbocycles. The first-order valence-electron chi connectivity index (χ1n) is 24.8. The number of ether oxygens (including phenoxy) is 1. The van der Waals surface area contributed by atoms with E-state index in [4.69, 9.17) is 10.5 Å². The second-order valence-electron chi connectivity index (χ2n) is 18.4. The summed E-state index contributed by atoms with van der Waals surface area (Å²) >= 11 is 0. The Hall–Kier alpha value is -6.49. The van der Waals surface area contributed by atoms with E-state index in [1.165, 1.54) is 6.92 Å². The van der Waals surface area contributed by atoms with Crippen molar-refractivity contribution in [1.29, 1.82) is 0 Å². The van der Waals surface area contributed by atoms with Crippen LogP contribution in [0.25, 0.3) is 0 Å². The first-order chi connectivity index (χ1) is 33.5. The van der Waals surface area contributed by atoms with Gasteiger partial charge in [0, 0.05) is 25.8 Å². The first-order valence-corrected chi connectivity index (χ1v) is 24.8. The van der Waals surface area contributed by atoms with E-state index < -0.39 is 66.3 Å². The van der Waals surface area contributed by atoms with Gasteiger partial charge in [0.15, 0.2) is 0 Å². The van der Waals surface area contributed by atoms with Crippen molar-refractivity contribution in [1.82, 2.24) is 26.6 Å². The number of aromatic hydroxyl groups is 1. The van der Waals surface area contributed by atoms with Crippen molar-refractivity contribution in [2.24, 2.45) is 11.7 Å². The van der Waals surface area contributed by atoms with Gasteiger partial charge in [0.25, 0.3) is 0 Å². The lowest BCUT2D eigenvalue weighted by Gasteiger charge is -2.25. The minimum Gasteiger partial charge on any atom is -0.508 e. The van der Waals surface area contributed by atoms with Crippen molar-refractivity contribution in [3.63, 3.8) is 0 Å². The molecule has 0 heterocycles. The Kier molecular flexibility index (Phi) is 26.7. The fraction of sp³-hybridized carbons (Fsp3) is 0.528. The number of hydrogen-bond acceptors (Lipinski definition) is 10. The molecule has 0 bridgehead atoms. The zero-order chi connectivity index (χ0) is 51.3. The average Bonchev–Trinajstić information content (AvgIpc) is 3.31. The van der Waals surface area contributed by atoms with Crippen molar-refractivity contribution >= 4 is 41.4 Å². The number of phenolic OH excluding ortho intramolecular Hbond substituents is 1. The van der Waals surface area contributed by atoms with E-state index in [-0.39, 0.29) is 42.7 Å². The van der Waals surface area contributed by atoms with Crippen LogP contribution in [0.15, 0.2) is 78.9 Å². The molecule has 3 aromatic carbocycles. The summed E-state index contributed by atoms with van der Waals surface area (Å²) in [5, 5.41) is 42.8. The van der Waals surface area contributed by atoms with E-state index in [0.29, 0.717) is 49.3 Å². The Morgan fingerprint density at radius 2 is 1.07 bits per heavy atom. The zero-order valence-corrected chi connectivity index (χ0v) is 41.1. The normalized spacial score (nSPS) is 13.2. The summed E-state index contributed by atoms with van der Waals surface area (Å²) < 4.78 is 5.79. The van der Waals surface area contributed by atoms with Crippen LogP contribution in [0.4, 0.5) is 0 Å². The number of carbonyl (C=O) groups is 7. The molecule has 0 aliphatic heterocycles. The lowest BCUT2D eigenvalue weighted by Crippen LogP contribution is -2.57. The molecule has 0 spiro atoms. The minimum absolute atomic E-state index is 0.0366. The maximum Gasteiger partial charge on any atom is 0.326 e. The number of carboxylic acids is 1. The van der Waals surface area contributed by atoms with Gasteiger partial charge in [-0.25, -0.2) is 4.79 Å². The third kappa shape index (κ3) is 24.2. The summed E-state index contributed by atoms with van der Waals surface area (Å²) in [5.41, 5.74) is 6.99. The van der Waals surface area contributed by atoms with Crippen molar-refractivity contribution in [3.05, 3.63) is 90.0 Å². The highest BCUT2D eigenvalue weighted by Gasteiger charge is 2.31. The number of carboxylic acid groups (broad SMARTS) is 1. The second-order valence-corrected chi connectivity index (χ2v) is 18.4. The van der Waals surface area contributed by atoms with Gasteiger partial charge in [0.05, 0.1) is 12.5 Å². The third-order valence-electron chi connectivity index (χ3n) is 11.6. The second kappa shape index (κ2) is 32.3. The quantitative estimate of drug-likeness (QED) is 0.0314. The van der Waals surface area contributed by atoms with Crippen LogP contribution in [0.2, 0.25) is 0 Å². The van der Waals surface area contributed by atoms with E-state index in [9.17, 15) is 48.9 Å². The summed E-state index contributed by atoms with van der Waals surface area (Å²) in [6, 6.07) is 18.1. The number of nitrogens with one attached hydrogen (secondary N) is 5. The molecule has 10 N–H and O–H groups in total. The topological polar surface area (TPSA) is 276 Å². The maximum atomic E-state index is 13.3. The Morgan fingerprint density at radius 3 is 1.57 bits per heavy atom. The smallest absolute Gasteiger partial charge is 0.326 e. The van der Waals surface area contributed by atoms with Gasteiger partial charge in [-0.2, -0.15) is 0 Å². The van der Waals surface area contributed by atoms with Crippen LogP contribution in [-0.4, -0.2) is 93.5 Å². The van der Waals surface area contributed by atoms with Crippen LogP contribution < -0.4 is 37.1 Å². The summed E-state index contributed by atoms with van der Waals surface area (Å²) in [6.45, 7) is 5.64. The van der Waals surface area contributed by atoms with Crippen LogP contribution in [0.5, 0.6) is 17.2 Å². The number of nitrogens with two attached hydrogens (primary N) is 1. The lowest BCUT2D eigenvalue weighted by molar-refractivity contribution is -0.142. The van der Waals surface area contributed by atoms with Gasteiger partial charge in [-0.15, -0.1) is 0 Å². The van der Waals surface area contributed by atoms with Gasteiger partial charge in [0.1, 0.15) is 41.4 Å². The standard InChI is InChI=1S/C53H76N6O11/c1-36(2)33-43(50(65)55-32-31-38-23-27-41(28-24-38)70-42-29-25-40(61)26-30-42)57-52(67)49(37(3)60)59-48(64)22-18-13-11-9-7-5-4-6-8-10-12-17-21-47(63)56-44(35-46(54)62)51(66)58-45(53(68)69)34-39-19-15-14-16-20-39/h14-16,19-20,23-30,36-37,43-45,49,60-61H,4-13,17-18,21-22,31-35H2,1-3H3,(H2,54,62)(H,55,65)(H,56,63)(H,57,67)(H,58,66)(H,59,64)(H,68,69)/t37-,43+,44+,45+,49+/m1/s1. The minimum atomic E-state index is -1.27. The SMILES string of the molecule is CC(C)C[C@H](NC(=O)[C@@H](NC(=O)CCCCCCCCCCCCCCC(=O)N[C@@H](CC(N)=O)C(=O)N[C@@H](Cc1ccccc1)C(=O)O)[C@@H](C)O)C(=O)NCCc1ccc(Oc2ccc(O)cc2)cc1. The van der Waals surface area contributed by atoms with Gasteiger partial charge in [0.2, 0.25) is 35.4 Å². The number of benzene rings is 3. The predicted molar refractivity (Wildman–Crippen MR) is 266 cm³/mol. The molecule has 384 valence electrons. The zero-order valence-electron chi connectivity index (χ0n) is 41.1. The van der Waals surface area contributed by atoms with Crippen molar-refractivity contribution in [2.75, 3.05) is 6.54 Å². The summed E-state index contributed by atoms with van der Waals surface area (Å²) in [5.74, 6) is -3.10. The fourth-order valence-corrected chi connectivity index (χ4v) is 7.78. The highest BCUT2D eigenvalue weighted by Crippen LogP contribution is 2.24. The fourth-order valence-electron chi connectivity index (χ4n) is 7.78. The van der Waals surface area contributed by atoms with Crippen LogP contribution >= 0.6 is 0 Å².